The first-order chi connectivity index (χ1) is 15.8. The Hall–Kier alpha value is -2.22. The Morgan fingerprint density at radius 3 is 2.39 bits per heavy atom. The molecule has 0 fully saturated rings. The van der Waals surface area contributed by atoms with Crippen LogP contribution in [0.15, 0.2) is 54.0 Å². The van der Waals surface area contributed by atoms with E-state index in [9.17, 15) is 0 Å². The van der Waals surface area contributed by atoms with Gasteiger partial charge in [-0.3, -0.25) is 4.98 Å². The molecule has 2 aliphatic carbocycles. The van der Waals surface area contributed by atoms with Gasteiger partial charge >= 0.3 is 0 Å². The summed E-state index contributed by atoms with van der Waals surface area (Å²) in [6.45, 7) is 21.2. The van der Waals surface area contributed by atoms with Gasteiger partial charge in [0.1, 0.15) is 5.83 Å². The van der Waals surface area contributed by atoms with Crippen molar-refractivity contribution in [3.63, 3.8) is 0 Å². The van der Waals surface area contributed by atoms with Crippen molar-refractivity contribution in [2.24, 2.45) is 11.3 Å². The van der Waals surface area contributed by atoms with Crippen molar-refractivity contribution in [1.29, 1.82) is 0 Å². The zero-order chi connectivity index (χ0) is 25.0. The second-order valence-electron chi connectivity index (χ2n) is 9.44. The minimum Gasteiger partial charge on any atom is -0.256 e. The highest BCUT2D eigenvalue weighted by Crippen LogP contribution is 2.57. The zero-order valence-corrected chi connectivity index (χ0v) is 22.6. The van der Waals surface area contributed by atoms with Crippen LogP contribution in [-0.2, 0) is 5.41 Å². The number of hydrogen-bond donors (Lipinski definition) is 0. The van der Waals surface area contributed by atoms with Crippen LogP contribution >= 0.6 is 0 Å². The van der Waals surface area contributed by atoms with Gasteiger partial charge in [0.05, 0.1) is 5.69 Å². The number of fused-ring (bicyclic) bond motifs is 1. The molecule has 2 unspecified atom stereocenters. The van der Waals surface area contributed by atoms with E-state index in [1.165, 1.54) is 21.9 Å². The van der Waals surface area contributed by atoms with E-state index in [4.69, 9.17) is 4.98 Å². The van der Waals surface area contributed by atoms with Crippen LogP contribution in [0.1, 0.15) is 98.4 Å². The van der Waals surface area contributed by atoms with Crippen LogP contribution in [0.3, 0.4) is 0 Å². The van der Waals surface area contributed by atoms with Crippen LogP contribution in [0, 0.1) is 18.3 Å². The third-order valence-corrected chi connectivity index (χ3v) is 7.38. The summed E-state index contributed by atoms with van der Waals surface area (Å²) in [5, 5.41) is 2.46. The van der Waals surface area contributed by atoms with Gasteiger partial charge in [-0.1, -0.05) is 86.6 Å². The Balaban J connectivity index is 0.000000914. The third-order valence-electron chi connectivity index (χ3n) is 7.38. The maximum Gasteiger partial charge on any atom is 0.123 e. The lowest BCUT2D eigenvalue weighted by molar-refractivity contribution is 0.298. The SMILES string of the molecule is CC.CC.CCC=CC(C)(CC)C1CC=C(F)C2=C1c1nccc3c(C)ccc(c13)C2(C)C. The molecule has 4 rings (SSSR count). The van der Waals surface area contributed by atoms with Crippen LogP contribution in [0.5, 0.6) is 0 Å². The lowest BCUT2D eigenvalue weighted by Gasteiger charge is -2.45. The predicted octanol–water partition coefficient (Wildman–Crippen LogP) is 9.90. The van der Waals surface area contributed by atoms with Gasteiger partial charge in [0.25, 0.3) is 0 Å². The van der Waals surface area contributed by atoms with Gasteiger partial charge in [-0.15, -0.1) is 0 Å². The second-order valence-corrected chi connectivity index (χ2v) is 9.44. The molecule has 1 aromatic heterocycles. The summed E-state index contributed by atoms with van der Waals surface area (Å²) in [5.74, 6) is 0.153. The Morgan fingerprint density at radius 1 is 1.12 bits per heavy atom. The largest absolute Gasteiger partial charge is 0.256 e. The molecule has 1 nitrogen and oxygen atoms in total. The highest BCUT2D eigenvalue weighted by atomic mass is 19.1. The standard InChI is InChI=1S/C27H32FN.2C2H6/c1-7-9-15-27(6,8-2)20-12-13-21(28)24-23(20)25-22-18(14-16-29-25)17(3)10-11-19(22)26(24,4)5;2*1-2/h9-11,13-16,20H,7-8,12H2,1-6H3;2*1-2H3. The predicted molar refractivity (Wildman–Crippen MR) is 144 cm³/mol. The summed E-state index contributed by atoms with van der Waals surface area (Å²) in [7, 11) is 0. The number of aromatic nitrogens is 1. The van der Waals surface area contributed by atoms with E-state index in [-0.39, 0.29) is 22.6 Å². The Labute approximate surface area is 201 Å². The van der Waals surface area contributed by atoms with E-state index in [0.29, 0.717) is 0 Å². The summed E-state index contributed by atoms with van der Waals surface area (Å²) in [6, 6.07) is 6.45. The smallest absolute Gasteiger partial charge is 0.123 e. The van der Waals surface area contributed by atoms with Crippen LogP contribution < -0.4 is 0 Å². The fourth-order valence-electron chi connectivity index (χ4n) is 5.43. The number of benzene rings is 1. The summed E-state index contributed by atoms with van der Waals surface area (Å²) >= 11 is 0. The monoisotopic (exact) mass is 449 g/mol. The van der Waals surface area contributed by atoms with Crippen LogP contribution in [0.25, 0.3) is 16.3 Å². The summed E-state index contributed by atoms with van der Waals surface area (Å²) in [6.07, 6.45) is 11.1. The molecule has 2 atom stereocenters. The van der Waals surface area contributed by atoms with Gasteiger partial charge in [-0.2, -0.15) is 0 Å². The van der Waals surface area contributed by atoms with Gasteiger partial charge < -0.3 is 0 Å². The Bertz CT molecular complexity index is 1070. The van der Waals surface area contributed by atoms with E-state index in [2.05, 4.69) is 71.9 Å². The normalized spacial score (nSPS) is 20.2. The molecule has 0 amide bonds. The van der Waals surface area contributed by atoms with Crippen molar-refractivity contribution < 1.29 is 4.39 Å². The molecular weight excluding hydrogens is 405 g/mol. The number of halogens is 1. The molecule has 0 radical (unpaired) electrons. The van der Waals surface area contributed by atoms with Crippen molar-refractivity contribution in [1.82, 2.24) is 4.98 Å². The number of aryl methyl sites for hydroxylation is 1. The van der Waals surface area contributed by atoms with Gasteiger partial charge in [-0.25, -0.2) is 4.39 Å². The van der Waals surface area contributed by atoms with Crippen LogP contribution in [0.4, 0.5) is 4.39 Å². The minimum absolute atomic E-state index is 0.0327. The lowest BCUT2D eigenvalue weighted by Crippen LogP contribution is -2.35. The van der Waals surface area contributed by atoms with Crippen molar-refractivity contribution in [2.75, 3.05) is 0 Å². The Kier molecular flexibility index (Phi) is 8.85. The fraction of sp³-hybridized carbons (Fsp3) is 0.516. The fourth-order valence-corrected chi connectivity index (χ4v) is 5.43. The third kappa shape index (κ3) is 4.46. The molecule has 0 saturated heterocycles. The molecule has 0 N–H and O–H groups in total. The van der Waals surface area contributed by atoms with Gasteiger partial charge in [-0.05, 0) is 71.7 Å². The van der Waals surface area contributed by atoms with Gasteiger partial charge in [0.2, 0.25) is 0 Å². The lowest BCUT2D eigenvalue weighted by atomic mass is 9.59. The molecular formula is C31H44FN. The van der Waals surface area contributed by atoms with Crippen molar-refractivity contribution in [3.05, 3.63) is 70.8 Å². The Morgan fingerprint density at radius 2 is 1.79 bits per heavy atom. The number of allylic oxidation sites excluding steroid dienone is 6. The maximum atomic E-state index is 15.4. The minimum atomic E-state index is -0.389. The first-order valence-electron chi connectivity index (χ1n) is 12.9. The molecule has 2 heteroatoms. The van der Waals surface area contributed by atoms with E-state index >= 15 is 4.39 Å². The highest BCUT2D eigenvalue weighted by Gasteiger charge is 2.45. The molecule has 0 saturated carbocycles. The summed E-state index contributed by atoms with van der Waals surface area (Å²) in [5.41, 5.74) is 4.98. The first kappa shape index (κ1) is 27.0. The molecule has 0 bridgehead atoms. The van der Waals surface area contributed by atoms with Crippen molar-refractivity contribution in [2.45, 2.75) is 93.9 Å². The van der Waals surface area contributed by atoms with E-state index in [1.807, 2.05) is 40.0 Å². The summed E-state index contributed by atoms with van der Waals surface area (Å²) in [4.78, 5) is 4.87. The number of nitrogens with zero attached hydrogens (tertiary/aromatic N) is 1. The molecule has 2 aliphatic rings. The molecule has 1 heterocycles. The van der Waals surface area contributed by atoms with Crippen LogP contribution in [-0.4, -0.2) is 4.98 Å². The first-order valence-corrected chi connectivity index (χ1v) is 12.9. The number of rotatable bonds is 4. The molecule has 0 aliphatic heterocycles. The number of hydrogen-bond acceptors (Lipinski definition) is 1. The van der Waals surface area contributed by atoms with Gasteiger partial charge in [0, 0.05) is 22.6 Å². The highest BCUT2D eigenvalue weighted by molar-refractivity contribution is 6.02. The summed E-state index contributed by atoms with van der Waals surface area (Å²) < 4.78 is 15.4. The number of pyridine rings is 1. The van der Waals surface area contributed by atoms with E-state index in [0.717, 1.165) is 36.1 Å². The molecule has 0 spiro atoms. The van der Waals surface area contributed by atoms with Crippen molar-refractivity contribution in [3.8, 4) is 0 Å². The average Bonchev–Trinajstić information content (AvgIpc) is 2.84. The van der Waals surface area contributed by atoms with E-state index < -0.39 is 0 Å². The molecule has 33 heavy (non-hydrogen) atoms. The average molecular weight is 450 g/mol. The van der Waals surface area contributed by atoms with Crippen molar-refractivity contribution >= 4 is 16.3 Å². The topological polar surface area (TPSA) is 12.9 Å². The molecule has 1 aromatic carbocycles. The molecule has 180 valence electrons. The zero-order valence-electron chi connectivity index (χ0n) is 22.6. The van der Waals surface area contributed by atoms with E-state index in [1.54, 1.807) is 0 Å². The van der Waals surface area contributed by atoms with Crippen LogP contribution in [0.2, 0.25) is 0 Å². The molecule has 2 aromatic rings. The quantitative estimate of drug-likeness (QED) is 0.423. The van der Waals surface area contributed by atoms with Gasteiger partial charge in [0.15, 0.2) is 0 Å². The second kappa shape index (κ2) is 10.8. The maximum absolute atomic E-state index is 15.4.